The molecule has 2 aliphatic heterocycles. The molecule has 4 rings (SSSR count). The number of piperazine rings is 1. The van der Waals surface area contributed by atoms with E-state index in [2.05, 4.69) is 5.32 Å². The van der Waals surface area contributed by atoms with Gasteiger partial charge in [0.2, 0.25) is 0 Å². The molecule has 6 nitrogen and oxygen atoms in total. The maximum absolute atomic E-state index is 13.2. The maximum atomic E-state index is 13.2. The summed E-state index contributed by atoms with van der Waals surface area (Å²) in [5.74, 6) is -0.547. The summed E-state index contributed by atoms with van der Waals surface area (Å²) < 4.78 is 18.5. The third kappa shape index (κ3) is 1.93. The fourth-order valence-electron chi connectivity index (χ4n) is 3.13. The normalized spacial score (nSPS) is 21.1. The molecule has 1 aromatic heterocycles. The van der Waals surface area contributed by atoms with E-state index in [1.807, 2.05) is 0 Å². The number of furan rings is 1. The molecule has 0 bridgehead atoms. The topological polar surface area (TPSA) is 65.8 Å². The highest BCUT2D eigenvalue weighted by molar-refractivity contribution is 6.06. The number of urea groups is 1. The Morgan fingerprint density at radius 3 is 3.09 bits per heavy atom. The van der Waals surface area contributed by atoms with Crippen molar-refractivity contribution in [2.45, 2.75) is 6.04 Å². The van der Waals surface area contributed by atoms with Crippen LogP contribution >= 0.6 is 0 Å². The first-order valence-corrected chi connectivity index (χ1v) is 7.14. The van der Waals surface area contributed by atoms with E-state index < -0.39 is 5.82 Å². The van der Waals surface area contributed by atoms with Gasteiger partial charge in [-0.05, 0) is 12.1 Å². The standard InChI is InChI=1S/C15H14FN3O3/c16-9-1-2-11-12(8-22-13(11)5-9)14(20)18-3-4-19-10(7-18)6-17-15(19)21/h1-2,5,8,10H,3-4,6-7H2,(H,17,21). The summed E-state index contributed by atoms with van der Waals surface area (Å²) >= 11 is 0. The number of rotatable bonds is 1. The Bertz CT molecular complexity index is 772. The van der Waals surface area contributed by atoms with Crippen molar-refractivity contribution in [2.75, 3.05) is 26.2 Å². The number of nitrogens with one attached hydrogen (secondary N) is 1. The zero-order valence-electron chi connectivity index (χ0n) is 11.7. The van der Waals surface area contributed by atoms with Gasteiger partial charge in [0.25, 0.3) is 5.91 Å². The van der Waals surface area contributed by atoms with Gasteiger partial charge >= 0.3 is 6.03 Å². The van der Waals surface area contributed by atoms with Crippen LogP contribution in [-0.4, -0.2) is 54.0 Å². The van der Waals surface area contributed by atoms with Gasteiger partial charge in [-0.3, -0.25) is 4.79 Å². The average molecular weight is 303 g/mol. The molecular weight excluding hydrogens is 289 g/mol. The smallest absolute Gasteiger partial charge is 0.317 e. The lowest BCUT2D eigenvalue weighted by Crippen LogP contribution is -2.53. The Morgan fingerprint density at radius 1 is 1.36 bits per heavy atom. The van der Waals surface area contributed by atoms with Gasteiger partial charge < -0.3 is 19.5 Å². The monoisotopic (exact) mass is 303 g/mol. The van der Waals surface area contributed by atoms with Crippen molar-refractivity contribution in [3.8, 4) is 0 Å². The Kier molecular flexibility index (Phi) is 2.82. The summed E-state index contributed by atoms with van der Waals surface area (Å²) in [7, 11) is 0. The average Bonchev–Trinajstić information content (AvgIpc) is 3.10. The van der Waals surface area contributed by atoms with Gasteiger partial charge in [-0.15, -0.1) is 0 Å². The molecule has 2 aliphatic rings. The highest BCUT2D eigenvalue weighted by atomic mass is 19.1. The lowest BCUT2D eigenvalue weighted by atomic mass is 10.1. The lowest BCUT2D eigenvalue weighted by molar-refractivity contribution is 0.0618. The molecule has 114 valence electrons. The van der Waals surface area contributed by atoms with E-state index in [1.54, 1.807) is 15.9 Å². The molecule has 2 aromatic rings. The Hall–Kier alpha value is -2.57. The number of carbonyl (C=O) groups is 2. The minimum absolute atomic E-state index is 0.0146. The van der Waals surface area contributed by atoms with Gasteiger partial charge in [0, 0.05) is 37.6 Å². The van der Waals surface area contributed by atoms with Gasteiger partial charge in [0.05, 0.1) is 11.6 Å². The van der Waals surface area contributed by atoms with Crippen LogP contribution in [0.15, 0.2) is 28.9 Å². The van der Waals surface area contributed by atoms with Crippen LogP contribution in [0.5, 0.6) is 0 Å². The van der Waals surface area contributed by atoms with Crippen molar-refractivity contribution in [2.24, 2.45) is 0 Å². The first kappa shape index (κ1) is 13.1. The number of benzene rings is 1. The molecule has 1 aromatic carbocycles. The van der Waals surface area contributed by atoms with Crippen molar-refractivity contribution >= 4 is 22.9 Å². The number of hydrogen-bond donors (Lipinski definition) is 1. The first-order chi connectivity index (χ1) is 10.6. The van der Waals surface area contributed by atoms with E-state index in [0.717, 1.165) is 0 Å². The fraction of sp³-hybridized carbons (Fsp3) is 0.333. The Labute approximate surface area is 125 Å². The van der Waals surface area contributed by atoms with E-state index in [-0.39, 0.29) is 18.0 Å². The molecule has 2 fully saturated rings. The summed E-state index contributed by atoms with van der Waals surface area (Å²) in [5, 5.41) is 3.39. The summed E-state index contributed by atoms with van der Waals surface area (Å²) in [4.78, 5) is 27.7. The van der Waals surface area contributed by atoms with Crippen molar-refractivity contribution in [3.63, 3.8) is 0 Å². The Morgan fingerprint density at radius 2 is 2.23 bits per heavy atom. The third-order valence-corrected chi connectivity index (χ3v) is 4.29. The van der Waals surface area contributed by atoms with Crippen molar-refractivity contribution in [3.05, 3.63) is 35.8 Å². The predicted molar refractivity (Wildman–Crippen MR) is 76.0 cm³/mol. The van der Waals surface area contributed by atoms with E-state index in [0.29, 0.717) is 42.7 Å². The van der Waals surface area contributed by atoms with Crippen LogP contribution in [0.4, 0.5) is 9.18 Å². The minimum atomic E-state index is -0.398. The second-order valence-corrected chi connectivity index (χ2v) is 5.57. The Balaban J connectivity index is 1.60. The summed E-state index contributed by atoms with van der Waals surface area (Å²) in [6.07, 6.45) is 1.37. The van der Waals surface area contributed by atoms with Crippen LogP contribution < -0.4 is 5.32 Å². The molecule has 0 aliphatic carbocycles. The molecule has 7 heteroatoms. The molecule has 1 atom stereocenters. The number of amides is 3. The van der Waals surface area contributed by atoms with E-state index in [4.69, 9.17) is 4.42 Å². The van der Waals surface area contributed by atoms with E-state index in [9.17, 15) is 14.0 Å². The molecule has 3 heterocycles. The summed E-state index contributed by atoms with van der Waals surface area (Å²) in [5.41, 5.74) is 0.792. The zero-order chi connectivity index (χ0) is 15.3. The SMILES string of the molecule is O=C(c1coc2cc(F)ccc12)N1CCN2C(=O)NCC2C1. The maximum Gasteiger partial charge on any atom is 0.317 e. The van der Waals surface area contributed by atoms with Crippen LogP contribution in [0.2, 0.25) is 0 Å². The molecule has 0 spiro atoms. The number of carbonyl (C=O) groups excluding carboxylic acids is 2. The summed E-state index contributed by atoms with van der Waals surface area (Å²) in [6, 6.07) is 4.08. The number of fused-ring (bicyclic) bond motifs is 2. The molecule has 3 amide bonds. The van der Waals surface area contributed by atoms with Crippen molar-refractivity contribution < 1.29 is 18.4 Å². The van der Waals surface area contributed by atoms with Gasteiger partial charge in [-0.1, -0.05) is 0 Å². The van der Waals surface area contributed by atoms with Crippen LogP contribution in [0, 0.1) is 5.82 Å². The van der Waals surface area contributed by atoms with Crippen LogP contribution in [0.1, 0.15) is 10.4 Å². The molecule has 2 saturated heterocycles. The van der Waals surface area contributed by atoms with Gasteiger partial charge in [0.15, 0.2) is 0 Å². The third-order valence-electron chi connectivity index (χ3n) is 4.29. The zero-order valence-corrected chi connectivity index (χ0v) is 11.7. The van der Waals surface area contributed by atoms with Crippen molar-refractivity contribution in [1.29, 1.82) is 0 Å². The van der Waals surface area contributed by atoms with Crippen LogP contribution in [0.3, 0.4) is 0 Å². The molecule has 0 saturated carbocycles. The fourth-order valence-corrected chi connectivity index (χ4v) is 3.13. The van der Waals surface area contributed by atoms with Gasteiger partial charge in [-0.25, -0.2) is 9.18 Å². The molecule has 1 unspecified atom stereocenters. The van der Waals surface area contributed by atoms with E-state index >= 15 is 0 Å². The largest absolute Gasteiger partial charge is 0.463 e. The number of hydrogen-bond acceptors (Lipinski definition) is 3. The second-order valence-electron chi connectivity index (χ2n) is 5.57. The minimum Gasteiger partial charge on any atom is -0.463 e. The number of halogens is 1. The van der Waals surface area contributed by atoms with Crippen LogP contribution in [-0.2, 0) is 0 Å². The number of nitrogens with zero attached hydrogens (tertiary/aromatic N) is 2. The highest BCUT2D eigenvalue weighted by Gasteiger charge is 2.37. The molecular formula is C15H14FN3O3. The van der Waals surface area contributed by atoms with E-state index in [1.165, 1.54) is 18.4 Å². The second kappa shape index (κ2) is 4.72. The summed E-state index contributed by atoms with van der Waals surface area (Å²) in [6.45, 7) is 2.05. The van der Waals surface area contributed by atoms with Gasteiger partial charge in [-0.2, -0.15) is 0 Å². The molecule has 0 radical (unpaired) electrons. The first-order valence-electron chi connectivity index (χ1n) is 7.14. The highest BCUT2D eigenvalue weighted by Crippen LogP contribution is 2.24. The quantitative estimate of drug-likeness (QED) is 0.866. The van der Waals surface area contributed by atoms with Crippen molar-refractivity contribution in [1.82, 2.24) is 15.1 Å². The lowest BCUT2D eigenvalue weighted by Gasteiger charge is -2.36. The van der Waals surface area contributed by atoms with Gasteiger partial charge in [0.1, 0.15) is 17.7 Å². The van der Waals surface area contributed by atoms with Crippen LogP contribution in [0.25, 0.3) is 11.0 Å². The molecule has 1 N–H and O–H groups in total. The molecule has 22 heavy (non-hydrogen) atoms. The predicted octanol–water partition coefficient (Wildman–Crippen LogP) is 1.42.